The summed E-state index contributed by atoms with van der Waals surface area (Å²) in [5.74, 6) is -1.54. The molecule has 6 heteroatoms. The van der Waals surface area contributed by atoms with Crippen LogP contribution in [0.15, 0.2) is 24.3 Å². The van der Waals surface area contributed by atoms with Crippen molar-refractivity contribution in [3.05, 3.63) is 35.0 Å². The fourth-order valence-electron chi connectivity index (χ4n) is 3.10. The number of aryl methyl sites for hydroxylation is 1. The van der Waals surface area contributed by atoms with E-state index in [4.69, 9.17) is 16.7 Å². The van der Waals surface area contributed by atoms with Gasteiger partial charge in [-0.1, -0.05) is 29.8 Å². The van der Waals surface area contributed by atoms with E-state index in [1.807, 2.05) is 24.3 Å². The molecule has 0 saturated carbocycles. The zero-order chi connectivity index (χ0) is 15.9. The number of fused-ring (bicyclic) bond motifs is 1. The zero-order valence-corrected chi connectivity index (χ0v) is 13.0. The maximum atomic E-state index is 12.8. The number of hydrogen-bond donors (Lipinski definition) is 1. The number of carbonyl (C=O) groups is 2. The van der Waals surface area contributed by atoms with Crippen molar-refractivity contribution in [1.82, 2.24) is 9.47 Å². The van der Waals surface area contributed by atoms with Crippen molar-refractivity contribution in [2.75, 3.05) is 13.1 Å². The van der Waals surface area contributed by atoms with E-state index in [1.54, 1.807) is 16.5 Å². The smallest absolute Gasteiger partial charge is 0.308 e. The Morgan fingerprint density at radius 2 is 2.05 bits per heavy atom. The number of amides is 1. The van der Waals surface area contributed by atoms with Crippen molar-refractivity contribution in [2.24, 2.45) is 13.0 Å². The lowest BCUT2D eigenvalue weighted by atomic mass is 9.98. The monoisotopic (exact) mass is 320 g/mol. The van der Waals surface area contributed by atoms with Gasteiger partial charge in [0.15, 0.2) is 0 Å². The van der Waals surface area contributed by atoms with Crippen molar-refractivity contribution in [3.63, 3.8) is 0 Å². The molecular formula is C16H17ClN2O3. The summed E-state index contributed by atoms with van der Waals surface area (Å²) in [6.45, 7) is 0.812. The number of carboxylic acids is 1. The van der Waals surface area contributed by atoms with Gasteiger partial charge in [-0.15, -0.1) is 0 Å². The number of aliphatic carboxylic acids is 1. The lowest BCUT2D eigenvalue weighted by molar-refractivity contribution is -0.143. The third-order valence-electron chi connectivity index (χ3n) is 4.31. The van der Waals surface area contributed by atoms with Gasteiger partial charge in [0.1, 0.15) is 5.69 Å². The summed E-state index contributed by atoms with van der Waals surface area (Å²) in [6, 6.07) is 7.57. The molecule has 2 heterocycles. The van der Waals surface area contributed by atoms with Crippen LogP contribution in [0.25, 0.3) is 10.9 Å². The number of hydrogen-bond acceptors (Lipinski definition) is 2. The Labute approximate surface area is 133 Å². The summed E-state index contributed by atoms with van der Waals surface area (Å²) >= 11 is 6.39. The van der Waals surface area contributed by atoms with Crippen molar-refractivity contribution in [2.45, 2.75) is 12.8 Å². The summed E-state index contributed by atoms with van der Waals surface area (Å²) in [5.41, 5.74) is 1.32. The summed E-state index contributed by atoms with van der Waals surface area (Å²) < 4.78 is 1.78. The zero-order valence-electron chi connectivity index (χ0n) is 12.3. The van der Waals surface area contributed by atoms with Crippen LogP contribution in [-0.4, -0.2) is 39.5 Å². The van der Waals surface area contributed by atoms with Gasteiger partial charge in [0.25, 0.3) is 5.91 Å². The molecule has 0 spiro atoms. The Balaban J connectivity index is 1.97. The van der Waals surface area contributed by atoms with Gasteiger partial charge in [-0.25, -0.2) is 0 Å². The van der Waals surface area contributed by atoms with E-state index in [-0.39, 0.29) is 12.5 Å². The highest BCUT2D eigenvalue weighted by Gasteiger charge is 2.31. The lowest BCUT2D eigenvalue weighted by Gasteiger charge is -2.30. The number of benzene rings is 1. The molecule has 1 amide bonds. The van der Waals surface area contributed by atoms with Gasteiger partial charge in [0.05, 0.1) is 10.9 Å². The van der Waals surface area contributed by atoms with Gasteiger partial charge < -0.3 is 14.6 Å². The lowest BCUT2D eigenvalue weighted by Crippen LogP contribution is -2.42. The van der Waals surface area contributed by atoms with E-state index in [2.05, 4.69) is 0 Å². The first-order valence-corrected chi connectivity index (χ1v) is 7.63. The van der Waals surface area contributed by atoms with Crippen molar-refractivity contribution in [3.8, 4) is 0 Å². The number of para-hydroxylation sites is 1. The number of aromatic nitrogens is 1. The van der Waals surface area contributed by atoms with Crippen LogP contribution in [0.1, 0.15) is 23.3 Å². The van der Waals surface area contributed by atoms with Gasteiger partial charge in [-0.2, -0.15) is 0 Å². The molecule has 1 N–H and O–H groups in total. The van der Waals surface area contributed by atoms with Crippen molar-refractivity contribution in [1.29, 1.82) is 0 Å². The second-order valence-electron chi connectivity index (χ2n) is 5.67. The molecule has 1 aliphatic heterocycles. The summed E-state index contributed by atoms with van der Waals surface area (Å²) in [5, 5.41) is 10.4. The van der Waals surface area contributed by atoms with Crippen LogP contribution in [0.3, 0.4) is 0 Å². The number of carbonyl (C=O) groups excluding carboxylic acids is 1. The van der Waals surface area contributed by atoms with E-state index in [0.717, 1.165) is 10.9 Å². The molecule has 1 aromatic heterocycles. The van der Waals surface area contributed by atoms with Crippen LogP contribution in [0.4, 0.5) is 0 Å². The van der Waals surface area contributed by atoms with Gasteiger partial charge in [0.2, 0.25) is 0 Å². The molecule has 1 atom stereocenters. The minimum Gasteiger partial charge on any atom is -0.481 e. The van der Waals surface area contributed by atoms with E-state index in [9.17, 15) is 9.59 Å². The van der Waals surface area contributed by atoms with E-state index in [1.165, 1.54) is 0 Å². The standard InChI is InChI=1S/C16H17ClN2O3/c1-18-12-7-3-2-6-11(12)13(17)14(18)15(20)19-8-4-5-10(9-19)16(21)22/h2-3,6-7,10H,4-5,8-9H2,1H3,(H,21,22)/t10-/m1/s1. The predicted octanol–water partition coefficient (Wildman–Crippen LogP) is 2.77. The maximum absolute atomic E-state index is 12.8. The second-order valence-corrected chi connectivity index (χ2v) is 6.05. The van der Waals surface area contributed by atoms with E-state index >= 15 is 0 Å². The Morgan fingerprint density at radius 1 is 1.32 bits per heavy atom. The van der Waals surface area contributed by atoms with Crippen LogP contribution in [0.2, 0.25) is 5.02 Å². The van der Waals surface area contributed by atoms with Crippen LogP contribution < -0.4 is 0 Å². The Bertz CT molecular complexity index is 714. The van der Waals surface area contributed by atoms with Crippen molar-refractivity contribution < 1.29 is 14.7 Å². The number of nitrogens with zero attached hydrogens (tertiary/aromatic N) is 2. The van der Waals surface area contributed by atoms with Crippen LogP contribution in [0.5, 0.6) is 0 Å². The minimum absolute atomic E-state index is 0.199. The Kier molecular flexibility index (Phi) is 3.83. The predicted molar refractivity (Wildman–Crippen MR) is 84.2 cm³/mol. The number of rotatable bonds is 2. The van der Waals surface area contributed by atoms with Gasteiger partial charge in [-0.3, -0.25) is 9.59 Å². The van der Waals surface area contributed by atoms with E-state index < -0.39 is 11.9 Å². The molecule has 0 aliphatic carbocycles. The number of carboxylic acid groups (broad SMARTS) is 1. The molecule has 5 nitrogen and oxygen atoms in total. The Hall–Kier alpha value is -2.01. The third kappa shape index (κ3) is 2.35. The first kappa shape index (κ1) is 14.9. The minimum atomic E-state index is -0.847. The van der Waals surface area contributed by atoms with E-state index in [0.29, 0.717) is 30.1 Å². The van der Waals surface area contributed by atoms with Gasteiger partial charge in [0, 0.05) is 31.0 Å². The molecule has 3 rings (SSSR count). The molecule has 2 aromatic rings. The quantitative estimate of drug-likeness (QED) is 0.925. The molecule has 1 saturated heterocycles. The molecular weight excluding hydrogens is 304 g/mol. The van der Waals surface area contributed by atoms with Crippen LogP contribution >= 0.6 is 11.6 Å². The third-order valence-corrected chi connectivity index (χ3v) is 4.69. The Morgan fingerprint density at radius 3 is 2.73 bits per heavy atom. The maximum Gasteiger partial charge on any atom is 0.308 e. The molecule has 22 heavy (non-hydrogen) atoms. The highest BCUT2D eigenvalue weighted by Crippen LogP contribution is 2.31. The number of likely N-dealkylation sites (tertiary alicyclic amines) is 1. The normalized spacial score (nSPS) is 18.6. The molecule has 1 fully saturated rings. The number of piperidine rings is 1. The van der Waals surface area contributed by atoms with Crippen molar-refractivity contribution >= 4 is 34.4 Å². The summed E-state index contributed by atoms with van der Waals surface area (Å²) in [4.78, 5) is 25.6. The molecule has 116 valence electrons. The van der Waals surface area contributed by atoms with Gasteiger partial charge in [-0.05, 0) is 18.9 Å². The average molecular weight is 321 g/mol. The molecule has 1 aliphatic rings. The topological polar surface area (TPSA) is 62.5 Å². The highest BCUT2D eigenvalue weighted by atomic mass is 35.5. The first-order chi connectivity index (χ1) is 10.5. The van der Waals surface area contributed by atoms with Crippen LogP contribution in [-0.2, 0) is 11.8 Å². The molecule has 0 radical (unpaired) electrons. The fraction of sp³-hybridized carbons (Fsp3) is 0.375. The molecule has 1 aromatic carbocycles. The SMILES string of the molecule is Cn1c(C(=O)N2CCC[C@@H](C(=O)O)C2)c(Cl)c2ccccc21. The summed E-state index contributed by atoms with van der Waals surface area (Å²) in [7, 11) is 1.81. The average Bonchev–Trinajstić information content (AvgIpc) is 2.79. The summed E-state index contributed by atoms with van der Waals surface area (Å²) in [6.07, 6.45) is 1.31. The van der Waals surface area contributed by atoms with Crippen LogP contribution in [0, 0.1) is 5.92 Å². The largest absolute Gasteiger partial charge is 0.481 e. The highest BCUT2D eigenvalue weighted by molar-refractivity contribution is 6.38. The molecule has 0 unspecified atom stereocenters. The molecule has 0 bridgehead atoms. The number of halogens is 1. The fourth-order valence-corrected chi connectivity index (χ4v) is 3.46. The first-order valence-electron chi connectivity index (χ1n) is 7.25. The second kappa shape index (κ2) is 5.65. The van der Waals surface area contributed by atoms with Gasteiger partial charge >= 0.3 is 5.97 Å².